The predicted molar refractivity (Wildman–Crippen MR) is 61.5 cm³/mol. The summed E-state index contributed by atoms with van der Waals surface area (Å²) in [6, 6.07) is 1.48. The minimum Gasteiger partial charge on any atom is -0.109 e. The molecule has 0 aliphatic heterocycles. The standard InChI is InChI=1S/C11H24Si/c1-3-5-6-7-8-9-10-11-12-4-2/h4H,2-3,5-12H2,1H3. The van der Waals surface area contributed by atoms with Crippen molar-refractivity contribution in [2.24, 2.45) is 0 Å². The maximum absolute atomic E-state index is 3.78. The van der Waals surface area contributed by atoms with Crippen LogP contribution in [-0.4, -0.2) is 9.52 Å². The summed E-state index contributed by atoms with van der Waals surface area (Å²) >= 11 is 0. The average Bonchev–Trinajstić information content (AvgIpc) is 2.10. The second kappa shape index (κ2) is 11.0. The van der Waals surface area contributed by atoms with Gasteiger partial charge in [-0.1, -0.05) is 57.9 Å². The molecule has 1 heteroatoms. The fraction of sp³-hybridized carbons (Fsp3) is 0.818. The van der Waals surface area contributed by atoms with Crippen LogP contribution in [0.25, 0.3) is 0 Å². The lowest BCUT2D eigenvalue weighted by Crippen LogP contribution is -1.84. The Kier molecular flexibility index (Phi) is 10.9. The molecule has 0 saturated heterocycles. The van der Waals surface area contributed by atoms with E-state index in [1.807, 2.05) is 0 Å². The van der Waals surface area contributed by atoms with Crippen LogP contribution in [-0.2, 0) is 0 Å². The lowest BCUT2D eigenvalue weighted by atomic mass is 10.1. The highest BCUT2D eigenvalue weighted by atomic mass is 28.2. The molecule has 0 unspecified atom stereocenters. The van der Waals surface area contributed by atoms with Gasteiger partial charge >= 0.3 is 0 Å². The van der Waals surface area contributed by atoms with Crippen LogP contribution in [0.2, 0.25) is 6.04 Å². The molecule has 0 radical (unpaired) electrons. The van der Waals surface area contributed by atoms with Crippen LogP contribution in [0.3, 0.4) is 0 Å². The number of rotatable bonds is 9. The zero-order valence-electron chi connectivity index (χ0n) is 8.65. The van der Waals surface area contributed by atoms with Crippen LogP contribution in [0.5, 0.6) is 0 Å². The van der Waals surface area contributed by atoms with Crippen molar-refractivity contribution in [1.29, 1.82) is 0 Å². The Morgan fingerprint density at radius 2 is 1.58 bits per heavy atom. The average molecular weight is 184 g/mol. The molecule has 0 amide bonds. The Bertz CT molecular complexity index is 89.0. The van der Waals surface area contributed by atoms with E-state index in [2.05, 4.69) is 19.2 Å². The zero-order valence-corrected chi connectivity index (χ0v) is 10.1. The minimum absolute atomic E-state index is 0.142. The van der Waals surface area contributed by atoms with Crippen molar-refractivity contribution < 1.29 is 0 Å². The lowest BCUT2D eigenvalue weighted by molar-refractivity contribution is 0.601. The Balaban J connectivity index is 2.77. The number of hydrogen-bond acceptors (Lipinski definition) is 0. The third-order valence-electron chi connectivity index (χ3n) is 2.26. The molecule has 0 aliphatic rings. The Hall–Kier alpha value is -0.0431. The summed E-state index contributed by atoms with van der Waals surface area (Å²) in [5, 5.41) is 0. The molecule has 0 saturated carbocycles. The molecule has 0 N–H and O–H groups in total. The van der Waals surface area contributed by atoms with E-state index in [-0.39, 0.29) is 9.52 Å². The third-order valence-corrected chi connectivity index (χ3v) is 3.58. The van der Waals surface area contributed by atoms with Crippen LogP contribution in [0, 0.1) is 0 Å². The van der Waals surface area contributed by atoms with E-state index >= 15 is 0 Å². The van der Waals surface area contributed by atoms with E-state index in [1.165, 1.54) is 51.0 Å². The van der Waals surface area contributed by atoms with E-state index < -0.39 is 0 Å². The molecule has 0 rings (SSSR count). The van der Waals surface area contributed by atoms with Crippen LogP contribution in [0.1, 0.15) is 51.9 Å². The second-order valence-electron chi connectivity index (χ2n) is 3.55. The maximum atomic E-state index is 3.78. The maximum Gasteiger partial charge on any atom is 0.0446 e. The first-order valence-corrected chi connectivity index (χ1v) is 7.34. The highest BCUT2D eigenvalue weighted by Gasteiger charge is 1.89. The lowest BCUT2D eigenvalue weighted by Gasteiger charge is -1.99. The van der Waals surface area contributed by atoms with E-state index in [0.717, 1.165) is 0 Å². The normalized spacial score (nSPS) is 11.1. The minimum atomic E-state index is 0.142. The summed E-state index contributed by atoms with van der Waals surface area (Å²) in [4.78, 5) is 0. The molecule has 0 aliphatic carbocycles. The van der Waals surface area contributed by atoms with Crippen molar-refractivity contribution in [3.8, 4) is 0 Å². The van der Waals surface area contributed by atoms with Gasteiger partial charge in [0.1, 0.15) is 0 Å². The number of hydrogen-bond donors (Lipinski definition) is 0. The molecule has 0 aromatic rings. The molecule has 0 fully saturated rings. The molecule has 12 heavy (non-hydrogen) atoms. The first-order chi connectivity index (χ1) is 5.91. The molecular formula is C11H24Si. The summed E-state index contributed by atoms with van der Waals surface area (Å²) in [5.74, 6) is 0. The van der Waals surface area contributed by atoms with Crippen LogP contribution in [0.15, 0.2) is 12.3 Å². The third kappa shape index (κ3) is 9.96. The highest BCUT2D eigenvalue weighted by Crippen LogP contribution is 2.08. The quantitative estimate of drug-likeness (QED) is 0.380. The summed E-state index contributed by atoms with van der Waals surface area (Å²) in [5.41, 5.74) is 2.16. The molecule has 0 nitrogen and oxygen atoms in total. The van der Waals surface area contributed by atoms with Crippen molar-refractivity contribution in [3.05, 3.63) is 12.3 Å². The first kappa shape index (κ1) is 12.0. The number of unbranched alkanes of at least 4 members (excludes halogenated alkanes) is 6. The van der Waals surface area contributed by atoms with E-state index in [9.17, 15) is 0 Å². The summed E-state index contributed by atoms with van der Waals surface area (Å²) in [6.07, 6.45) is 10.1. The van der Waals surface area contributed by atoms with Gasteiger partial charge < -0.3 is 0 Å². The van der Waals surface area contributed by atoms with Gasteiger partial charge in [-0.05, 0) is 0 Å². The predicted octanol–water partition coefficient (Wildman–Crippen LogP) is 3.47. The fourth-order valence-corrected chi connectivity index (χ4v) is 2.35. The van der Waals surface area contributed by atoms with Gasteiger partial charge in [0.05, 0.1) is 0 Å². The molecule has 0 heterocycles. The zero-order chi connectivity index (χ0) is 9.07. The van der Waals surface area contributed by atoms with Gasteiger partial charge in [-0.2, -0.15) is 0 Å². The first-order valence-electron chi connectivity index (χ1n) is 5.52. The molecule has 0 spiro atoms. The van der Waals surface area contributed by atoms with Gasteiger partial charge in [-0.3, -0.25) is 0 Å². The topological polar surface area (TPSA) is 0 Å². The van der Waals surface area contributed by atoms with E-state index in [0.29, 0.717) is 0 Å². The Morgan fingerprint density at radius 3 is 2.17 bits per heavy atom. The monoisotopic (exact) mass is 184 g/mol. The second-order valence-corrected chi connectivity index (χ2v) is 5.41. The van der Waals surface area contributed by atoms with Gasteiger partial charge in [0.15, 0.2) is 0 Å². The molecule has 72 valence electrons. The Labute approximate surface area is 80.3 Å². The highest BCUT2D eigenvalue weighted by molar-refractivity contribution is 6.41. The van der Waals surface area contributed by atoms with Crippen molar-refractivity contribution in [1.82, 2.24) is 0 Å². The summed E-state index contributed by atoms with van der Waals surface area (Å²) in [6.45, 7) is 6.05. The molecule has 0 bridgehead atoms. The van der Waals surface area contributed by atoms with Gasteiger partial charge in [0, 0.05) is 9.52 Å². The van der Waals surface area contributed by atoms with E-state index in [1.54, 1.807) is 0 Å². The largest absolute Gasteiger partial charge is 0.109 e. The SMILES string of the molecule is C=C[SiH2]CCCCCCCCC. The van der Waals surface area contributed by atoms with Crippen molar-refractivity contribution in [2.45, 2.75) is 57.9 Å². The van der Waals surface area contributed by atoms with Crippen LogP contribution in [0.4, 0.5) is 0 Å². The van der Waals surface area contributed by atoms with Crippen LogP contribution < -0.4 is 0 Å². The Morgan fingerprint density at radius 1 is 1.00 bits per heavy atom. The van der Waals surface area contributed by atoms with Crippen molar-refractivity contribution in [3.63, 3.8) is 0 Å². The van der Waals surface area contributed by atoms with Crippen molar-refractivity contribution in [2.75, 3.05) is 0 Å². The molecule has 0 aromatic carbocycles. The van der Waals surface area contributed by atoms with Gasteiger partial charge in [0.25, 0.3) is 0 Å². The van der Waals surface area contributed by atoms with E-state index in [4.69, 9.17) is 0 Å². The van der Waals surface area contributed by atoms with Gasteiger partial charge in [-0.15, -0.1) is 12.3 Å². The van der Waals surface area contributed by atoms with Crippen molar-refractivity contribution >= 4 is 9.52 Å². The fourth-order valence-electron chi connectivity index (χ4n) is 1.42. The molecular weight excluding hydrogens is 160 g/mol. The molecule has 0 aromatic heterocycles. The van der Waals surface area contributed by atoms with Gasteiger partial charge in [-0.25, -0.2) is 0 Å². The summed E-state index contributed by atoms with van der Waals surface area (Å²) < 4.78 is 0. The van der Waals surface area contributed by atoms with Gasteiger partial charge in [0.2, 0.25) is 0 Å². The smallest absolute Gasteiger partial charge is 0.0446 e. The van der Waals surface area contributed by atoms with Crippen LogP contribution >= 0.6 is 0 Å². The molecule has 0 atom stereocenters. The summed E-state index contributed by atoms with van der Waals surface area (Å²) in [7, 11) is 0.142.